The molecule has 0 aliphatic rings. The smallest absolute Gasteiger partial charge is 0.130 e. The molecular weight excluding hydrogens is 276 g/mol. The van der Waals surface area contributed by atoms with Gasteiger partial charge in [0.1, 0.15) is 11.6 Å². The third kappa shape index (κ3) is 6.50. The largest absolute Gasteiger partial charge is 0.389 e. The van der Waals surface area contributed by atoms with Crippen molar-refractivity contribution in [2.24, 2.45) is 0 Å². The Morgan fingerprint density at radius 2 is 1.95 bits per heavy atom. The van der Waals surface area contributed by atoms with Crippen molar-refractivity contribution in [1.82, 2.24) is 5.32 Å². The number of benzene rings is 1. The minimum Gasteiger partial charge on any atom is -0.389 e. The Bertz CT molecular complexity index is 446. The van der Waals surface area contributed by atoms with Crippen LogP contribution in [0, 0.1) is 11.6 Å². The van der Waals surface area contributed by atoms with E-state index in [-0.39, 0.29) is 24.8 Å². The van der Waals surface area contributed by atoms with Gasteiger partial charge < -0.3 is 15.2 Å². The summed E-state index contributed by atoms with van der Waals surface area (Å²) in [7, 11) is 0. The van der Waals surface area contributed by atoms with E-state index >= 15 is 0 Å². The molecular formula is C16H25F2NO2. The summed E-state index contributed by atoms with van der Waals surface area (Å²) in [6.07, 6.45) is -0.0446. The normalized spacial score (nSPS) is 15.0. The Labute approximate surface area is 125 Å². The van der Waals surface area contributed by atoms with Crippen LogP contribution in [0.1, 0.15) is 45.7 Å². The number of hydrogen-bond acceptors (Lipinski definition) is 3. The first-order valence-electron chi connectivity index (χ1n) is 7.23. The van der Waals surface area contributed by atoms with Gasteiger partial charge in [0, 0.05) is 24.2 Å². The lowest BCUT2D eigenvalue weighted by atomic mass is 10.0. The third-order valence-electron chi connectivity index (χ3n) is 3.05. The summed E-state index contributed by atoms with van der Waals surface area (Å²) < 4.78 is 32.2. The summed E-state index contributed by atoms with van der Waals surface area (Å²) in [5, 5.41) is 13.0. The molecule has 2 unspecified atom stereocenters. The summed E-state index contributed by atoms with van der Waals surface area (Å²) >= 11 is 0. The van der Waals surface area contributed by atoms with Crippen LogP contribution in [0.5, 0.6) is 0 Å². The number of aliphatic hydroxyl groups is 1. The van der Waals surface area contributed by atoms with Gasteiger partial charge in [-0.25, -0.2) is 8.78 Å². The van der Waals surface area contributed by atoms with Crippen LogP contribution in [0.25, 0.3) is 0 Å². The Morgan fingerprint density at radius 3 is 2.48 bits per heavy atom. The molecule has 1 aromatic carbocycles. The highest BCUT2D eigenvalue weighted by Gasteiger charge is 2.17. The van der Waals surface area contributed by atoms with Gasteiger partial charge in [-0.3, -0.25) is 0 Å². The molecule has 1 aromatic rings. The van der Waals surface area contributed by atoms with Gasteiger partial charge in [-0.2, -0.15) is 0 Å². The lowest BCUT2D eigenvalue weighted by molar-refractivity contribution is -0.0484. The maximum absolute atomic E-state index is 13.7. The van der Waals surface area contributed by atoms with Crippen molar-refractivity contribution in [3.05, 3.63) is 35.4 Å². The van der Waals surface area contributed by atoms with Crippen molar-refractivity contribution in [3.8, 4) is 0 Å². The lowest BCUT2D eigenvalue weighted by Crippen LogP contribution is -2.35. The van der Waals surface area contributed by atoms with Crippen molar-refractivity contribution in [2.45, 2.75) is 51.9 Å². The molecule has 2 atom stereocenters. The predicted molar refractivity (Wildman–Crippen MR) is 79.1 cm³/mol. The molecule has 1 rings (SSSR count). The highest BCUT2D eigenvalue weighted by molar-refractivity contribution is 5.22. The number of halogens is 2. The maximum atomic E-state index is 13.7. The van der Waals surface area contributed by atoms with Gasteiger partial charge in [-0.15, -0.1) is 0 Å². The average Bonchev–Trinajstić information content (AvgIpc) is 2.38. The zero-order valence-corrected chi connectivity index (χ0v) is 13.1. The molecule has 21 heavy (non-hydrogen) atoms. The van der Waals surface area contributed by atoms with Crippen LogP contribution in [-0.4, -0.2) is 30.0 Å². The van der Waals surface area contributed by atoms with Crippen LogP contribution in [0.2, 0.25) is 0 Å². The molecule has 2 N–H and O–H groups in total. The summed E-state index contributed by atoms with van der Waals surface area (Å²) in [5.41, 5.74) is 0.0941. The number of rotatable bonds is 7. The van der Waals surface area contributed by atoms with E-state index in [2.05, 4.69) is 5.32 Å². The van der Waals surface area contributed by atoms with Crippen molar-refractivity contribution < 1.29 is 18.6 Å². The number of nitrogens with one attached hydrogen (secondary N) is 1. The van der Waals surface area contributed by atoms with E-state index in [9.17, 15) is 13.9 Å². The topological polar surface area (TPSA) is 41.5 Å². The highest BCUT2D eigenvalue weighted by atomic mass is 19.1. The first kappa shape index (κ1) is 18.0. The molecule has 0 bridgehead atoms. The van der Waals surface area contributed by atoms with Gasteiger partial charge in [0.05, 0.1) is 18.3 Å². The van der Waals surface area contributed by atoms with E-state index in [1.807, 2.05) is 27.7 Å². The van der Waals surface area contributed by atoms with Gasteiger partial charge in [-0.05, 0) is 33.3 Å². The second-order valence-corrected chi connectivity index (χ2v) is 6.11. The fourth-order valence-electron chi connectivity index (χ4n) is 1.94. The SMILES string of the molecule is CCC(NCC(O)COC(C)(C)C)c1ccc(F)cc1F. The molecule has 0 saturated carbocycles. The molecule has 0 aliphatic heterocycles. The highest BCUT2D eigenvalue weighted by Crippen LogP contribution is 2.20. The molecule has 0 saturated heterocycles. The Kier molecular flexibility index (Phi) is 6.71. The Hall–Kier alpha value is -1.04. The molecule has 3 nitrogen and oxygen atoms in total. The molecule has 0 radical (unpaired) electrons. The van der Waals surface area contributed by atoms with Gasteiger partial charge in [0.25, 0.3) is 0 Å². The minimum atomic E-state index is -0.679. The quantitative estimate of drug-likeness (QED) is 0.813. The summed E-state index contributed by atoms with van der Waals surface area (Å²) in [6, 6.07) is 3.28. The zero-order chi connectivity index (χ0) is 16.0. The van der Waals surface area contributed by atoms with Gasteiger partial charge in [0.15, 0.2) is 0 Å². The van der Waals surface area contributed by atoms with Crippen LogP contribution in [-0.2, 0) is 4.74 Å². The lowest BCUT2D eigenvalue weighted by Gasteiger charge is -2.24. The molecule has 0 aromatic heterocycles. The number of ether oxygens (including phenoxy) is 1. The van der Waals surface area contributed by atoms with Crippen LogP contribution in [0.15, 0.2) is 18.2 Å². The van der Waals surface area contributed by atoms with E-state index < -0.39 is 17.7 Å². The van der Waals surface area contributed by atoms with E-state index in [0.29, 0.717) is 12.0 Å². The molecule has 0 heterocycles. The van der Waals surface area contributed by atoms with E-state index in [1.165, 1.54) is 12.1 Å². The second kappa shape index (κ2) is 7.82. The van der Waals surface area contributed by atoms with Crippen molar-refractivity contribution in [1.29, 1.82) is 0 Å². The van der Waals surface area contributed by atoms with E-state index in [1.54, 1.807) is 0 Å². The molecule has 5 heteroatoms. The molecule has 120 valence electrons. The van der Waals surface area contributed by atoms with E-state index in [4.69, 9.17) is 4.74 Å². The number of aliphatic hydroxyl groups excluding tert-OH is 1. The second-order valence-electron chi connectivity index (χ2n) is 6.11. The maximum Gasteiger partial charge on any atom is 0.130 e. The molecule has 0 fully saturated rings. The summed E-state index contributed by atoms with van der Waals surface area (Å²) in [4.78, 5) is 0. The molecule has 0 aliphatic carbocycles. The van der Waals surface area contributed by atoms with Crippen LogP contribution in [0.4, 0.5) is 8.78 Å². The minimum absolute atomic E-state index is 0.207. The van der Waals surface area contributed by atoms with Crippen molar-refractivity contribution >= 4 is 0 Å². The van der Waals surface area contributed by atoms with Crippen LogP contribution < -0.4 is 5.32 Å². The predicted octanol–water partition coefficient (Wildman–Crippen LogP) is 3.18. The Morgan fingerprint density at radius 1 is 1.29 bits per heavy atom. The van der Waals surface area contributed by atoms with Gasteiger partial charge in [-0.1, -0.05) is 13.0 Å². The van der Waals surface area contributed by atoms with Gasteiger partial charge in [0.2, 0.25) is 0 Å². The monoisotopic (exact) mass is 301 g/mol. The first-order chi connectivity index (χ1) is 9.73. The van der Waals surface area contributed by atoms with Crippen LogP contribution in [0.3, 0.4) is 0 Å². The fraction of sp³-hybridized carbons (Fsp3) is 0.625. The zero-order valence-electron chi connectivity index (χ0n) is 13.1. The number of hydrogen-bond donors (Lipinski definition) is 2. The third-order valence-corrected chi connectivity index (χ3v) is 3.05. The first-order valence-corrected chi connectivity index (χ1v) is 7.23. The average molecular weight is 301 g/mol. The molecule has 0 spiro atoms. The molecule has 0 amide bonds. The van der Waals surface area contributed by atoms with Crippen molar-refractivity contribution in [2.75, 3.05) is 13.2 Å². The fourth-order valence-corrected chi connectivity index (χ4v) is 1.94. The summed E-state index contributed by atoms with van der Waals surface area (Å²) in [6.45, 7) is 8.13. The standard InChI is InChI=1S/C16H25F2NO2/c1-5-15(13-7-6-11(17)8-14(13)18)19-9-12(20)10-21-16(2,3)4/h6-8,12,15,19-20H,5,9-10H2,1-4H3. The van der Waals surface area contributed by atoms with E-state index in [0.717, 1.165) is 6.07 Å². The summed E-state index contributed by atoms with van der Waals surface area (Å²) in [5.74, 6) is -1.17. The van der Waals surface area contributed by atoms with Gasteiger partial charge >= 0.3 is 0 Å². The Balaban J connectivity index is 2.54. The van der Waals surface area contributed by atoms with Crippen LogP contribution >= 0.6 is 0 Å². The van der Waals surface area contributed by atoms with Crippen molar-refractivity contribution in [3.63, 3.8) is 0 Å².